The molecule has 170 valence electrons. The van der Waals surface area contributed by atoms with Crippen LogP contribution >= 0.6 is 22.9 Å². The molecule has 0 fully saturated rings. The van der Waals surface area contributed by atoms with Crippen LogP contribution in [0.3, 0.4) is 0 Å². The van der Waals surface area contributed by atoms with E-state index < -0.39 is 11.1 Å². The van der Waals surface area contributed by atoms with Crippen molar-refractivity contribution in [3.8, 4) is 0 Å². The molecule has 0 bridgehead atoms. The Balaban J connectivity index is 1.68. The van der Waals surface area contributed by atoms with Crippen LogP contribution < -0.4 is 16.4 Å². The Morgan fingerprint density at radius 2 is 1.64 bits per heavy atom. The SMILES string of the molecule is CCC[C@@H](NC(=O)Cn1c(=O)c(=O)n(Cc2ccc(Cl)cc2)c2ccccc21)c1cccs1. The molecule has 0 unspecified atom stereocenters. The third-order valence-corrected chi connectivity index (χ3v) is 6.73. The molecule has 1 N–H and O–H groups in total. The van der Waals surface area contributed by atoms with E-state index in [1.807, 2.05) is 35.7 Å². The van der Waals surface area contributed by atoms with Gasteiger partial charge in [0.15, 0.2) is 0 Å². The Kier molecular flexibility index (Phi) is 7.11. The predicted molar refractivity (Wildman–Crippen MR) is 133 cm³/mol. The van der Waals surface area contributed by atoms with E-state index in [2.05, 4.69) is 12.2 Å². The fourth-order valence-corrected chi connectivity index (χ4v) is 4.84. The number of amides is 1. The molecule has 0 aliphatic carbocycles. The van der Waals surface area contributed by atoms with E-state index in [9.17, 15) is 14.4 Å². The third-order valence-electron chi connectivity index (χ3n) is 5.49. The topological polar surface area (TPSA) is 73.1 Å². The first-order chi connectivity index (χ1) is 16.0. The van der Waals surface area contributed by atoms with Crippen LogP contribution in [0.4, 0.5) is 0 Å². The van der Waals surface area contributed by atoms with Gasteiger partial charge in [0.2, 0.25) is 5.91 Å². The molecular weight excluding hydrogens is 458 g/mol. The fraction of sp³-hybridized carbons (Fsp3) is 0.240. The van der Waals surface area contributed by atoms with Crippen molar-refractivity contribution in [2.24, 2.45) is 0 Å². The summed E-state index contributed by atoms with van der Waals surface area (Å²) in [5.74, 6) is -0.302. The molecule has 0 spiro atoms. The zero-order chi connectivity index (χ0) is 23.4. The minimum absolute atomic E-state index is 0.116. The monoisotopic (exact) mass is 481 g/mol. The highest BCUT2D eigenvalue weighted by Crippen LogP contribution is 2.23. The van der Waals surface area contributed by atoms with Crippen LogP contribution in [-0.2, 0) is 17.9 Å². The second-order valence-electron chi connectivity index (χ2n) is 7.82. The summed E-state index contributed by atoms with van der Waals surface area (Å²) in [6, 6.07) is 18.1. The maximum atomic E-state index is 13.1. The number of halogens is 1. The molecule has 0 radical (unpaired) electrons. The number of benzene rings is 2. The summed E-state index contributed by atoms with van der Waals surface area (Å²) in [5, 5.41) is 5.60. The molecule has 0 aliphatic rings. The quantitative estimate of drug-likeness (QED) is 0.374. The average Bonchev–Trinajstić information content (AvgIpc) is 3.35. The van der Waals surface area contributed by atoms with E-state index in [1.165, 1.54) is 9.13 Å². The van der Waals surface area contributed by atoms with Gasteiger partial charge in [-0.15, -0.1) is 11.3 Å². The summed E-state index contributed by atoms with van der Waals surface area (Å²) in [6.07, 6.45) is 1.71. The number of thiophene rings is 1. The second-order valence-corrected chi connectivity index (χ2v) is 9.24. The van der Waals surface area contributed by atoms with Gasteiger partial charge < -0.3 is 5.32 Å². The van der Waals surface area contributed by atoms with Gasteiger partial charge in [-0.25, -0.2) is 0 Å². The summed E-state index contributed by atoms with van der Waals surface area (Å²) < 4.78 is 2.71. The van der Waals surface area contributed by atoms with Crippen molar-refractivity contribution < 1.29 is 4.79 Å². The first kappa shape index (κ1) is 23.0. The van der Waals surface area contributed by atoms with Crippen LogP contribution in [0.25, 0.3) is 11.0 Å². The van der Waals surface area contributed by atoms with Crippen LogP contribution in [0.2, 0.25) is 5.02 Å². The number of fused-ring (bicyclic) bond motifs is 1. The van der Waals surface area contributed by atoms with Crippen LogP contribution in [0, 0.1) is 0 Å². The Labute approximate surface area is 200 Å². The molecule has 0 saturated heterocycles. The third kappa shape index (κ3) is 5.10. The molecule has 2 aromatic heterocycles. The number of carbonyl (C=O) groups is 1. The summed E-state index contributed by atoms with van der Waals surface area (Å²) in [5.41, 5.74) is 0.586. The molecule has 0 saturated carbocycles. The molecule has 2 aromatic carbocycles. The molecule has 1 amide bonds. The predicted octanol–water partition coefficient (Wildman–Crippen LogP) is 4.58. The molecule has 33 heavy (non-hydrogen) atoms. The molecule has 4 aromatic rings. The lowest BCUT2D eigenvalue weighted by Crippen LogP contribution is -2.44. The summed E-state index contributed by atoms with van der Waals surface area (Å²) in [4.78, 5) is 40.1. The maximum Gasteiger partial charge on any atom is 0.317 e. The number of para-hydroxylation sites is 2. The normalized spacial score (nSPS) is 12.1. The van der Waals surface area contributed by atoms with Crippen molar-refractivity contribution in [1.82, 2.24) is 14.5 Å². The Morgan fingerprint density at radius 1 is 0.970 bits per heavy atom. The fourth-order valence-electron chi connectivity index (χ4n) is 3.90. The summed E-state index contributed by atoms with van der Waals surface area (Å²) in [7, 11) is 0. The maximum absolute atomic E-state index is 13.1. The van der Waals surface area contributed by atoms with Crippen molar-refractivity contribution in [3.63, 3.8) is 0 Å². The highest BCUT2D eigenvalue weighted by molar-refractivity contribution is 7.10. The van der Waals surface area contributed by atoms with Crippen molar-refractivity contribution >= 4 is 39.9 Å². The largest absolute Gasteiger partial charge is 0.347 e. The van der Waals surface area contributed by atoms with Crippen LogP contribution in [0.15, 0.2) is 75.6 Å². The van der Waals surface area contributed by atoms with E-state index in [0.717, 1.165) is 23.3 Å². The highest BCUT2D eigenvalue weighted by atomic mass is 35.5. The molecule has 4 rings (SSSR count). The van der Waals surface area contributed by atoms with Gasteiger partial charge in [0, 0.05) is 9.90 Å². The van der Waals surface area contributed by atoms with E-state index in [1.54, 1.807) is 41.7 Å². The van der Waals surface area contributed by atoms with Crippen LogP contribution in [-0.4, -0.2) is 15.0 Å². The van der Waals surface area contributed by atoms with Gasteiger partial charge in [-0.3, -0.25) is 23.5 Å². The van der Waals surface area contributed by atoms with Crippen molar-refractivity contribution in [2.75, 3.05) is 0 Å². The Bertz CT molecular complexity index is 1380. The van der Waals surface area contributed by atoms with Crippen molar-refractivity contribution in [2.45, 2.75) is 38.9 Å². The zero-order valence-electron chi connectivity index (χ0n) is 18.2. The number of hydrogen-bond donors (Lipinski definition) is 1. The second kappa shape index (κ2) is 10.2. The average molecular weight is 482 g/mol. The Morgan fingerprint density at radius 3 is 2.27 bits per heavy atom. The van der Waals surface area contributed by atoms with E-state index in [-0.39, 0.29) is 25.0 Å². The van der Waals surface area contributed by atoms with E-state index in [0.29, 0.717) is 16.1 Å². The van der Waals surface area contributed by atoms with E-state index >= 15 is 0 Å². The molecule has 6 nitrogen and oxygen atoms in total. The van der Waals surface area contributed by atoms with E-state index in [4.69, 9.17) is 11.6 Å². The van der Waals surface area contributed by atoms with Crippen molar-refractivity contribution in [1.29, 1.82) is 0 Å². The molecule has 2 heterocycles. The van der Waals surface area contributed by atoms with Gasteiger partial charge in [-0.2, -0.15) is 0 Å². The lowest BCUT2D eigenvalue weighted by Gasteiger charge is -2.19. The molecule has 8 heteroatoms. The summed E-state index contributed by atoms with van der Waals surface area (Å²) >= 11 is 7.55. The number of aromatic nitrogens is 2. The first-order valence-corrected chi connectivity index (χ1v) is 12.0. The lowest BCUT2D eigenvalue weighted by molar-refractivity contribution is -0.122. The van der Waals surface area contributed by atoms with Crippen molar-refractivity contribution in [3.05, 3.63) is 102 Å². The highest BCUT2D eigenvalue weighted by Gasteiger charge is 2.19. The molecule has 1 atom stereocenters. The minimum atomic E-state index is -0.721. The number of carbonyl (C=O) groups excluding carboxylic acids is 1. The van der Waals surface area contributed by atoms with Crippen LogP contribution in [0.5, 0.6) is 0 Å². The van der Waals surface area contributed by atoms with Gasteiger partial charge >= 0.3 is 11.1 Å². The van der Waals surface area contributed by atoms with Gasteiger partial charge in [0.1, 0.15) is 6.54 Å². The number of nitrogens with zero attached hydrogens (tertiary/aromatic N) is 2. The number of hydrogen-bond acceptors (Lipinski definition) is 4. The van der Waals surface area contributed by atoms with Crippen LogP contribution in [0.1, 0.15) is 36.2 Å². The summed E-state index contributed by atoms with van der Waals surface area (Å²) in [6.45, 7) is 2.07. The van der Waals surface area contributed by atoms with Gasteiger partial charge in [-0.05, 0) is 47.7 Å². The number of rotatable bonds is 8. The Hall–Kier alpha value is -3.16. The van der Waals surface area contributed by atoms with Gasteiger partial charge in [0.25, 0.3) is 0 Å². The smallest absolute Gasteiger partial charge is 0.317 e. The number of nitrogens with one attached hydrogen (secondary N) is 1. The standard InChI is InChI=1S/C25H24ClN3O3S/c1-2-6-19(22-9-5-14-33-22)27-23(30)16-29-21-8-4-3-7-20(21)28(24(31)25(29)32)15-17-10-12-18(26)13-11-17/h3-5,7-14,19H,2,6,15-16H2,1H3,(H,27,30)/t19-/m1/s1. The molecule has 0 aliphatic heterocycles. The first-order valence-electron chi connectivity index (χ1n) is 10.8. The lowest BCUT2D eigenvalue weighted by atomic mass is 10.1. The van der Waals surface area contributed by atoms with Gasteiger partial charge in [0.05, 0.1) is 23.6 Å². The zero-order valence-corrected chi connectivity index (χ0v) is 19.7. The minimum Gasteiger partial charge on any atom is -0.347 e. The molecular formula is C25H24ClN3O3S. The van der Waals surface area contributed by atoms with Gasteiger partial charge in [-0.1, -0.05) is 55.3 Å².